The van der Waals surface area contributed by atoms with Crippen molar-refractivity contribution in [3.05, 3.63) is 82.9 Å². The number of rotatable bonds is 5. The molecule has 3 aromatic carbocycles. The summed E-state index contributed by atoms with van der Waals surface area (Å²) < 4.78 is 39.6. The van der Waals surface area contributed by atoms with E-state index in [4.69, 9.17) is 9.47 Å². The van der Waals surface area contributed by atoms with Crippen molar-refractivity contribution in [2.24, 2.45) is 0 Å². The molecule has 1 saturated heterocycles. The zero-order valence-corrected chi connectivity index (χ0v) is 21.3. The molecule has 0 N–H and O–H groups in total. The molecule has 35 heavy (non-hydrogen) atoms. The second-order valence-electron chi connectivity index (χ2n) is 9.30. The maximum Gasteiger partial charge on any atom is 0.231 e. The predicted octanol–water partition coefficient (Wildman–Crippen LogP) is 4.68. The lowest BCUT2D eigenvalue weighted by molar-refractivity contribution is 0.173. The summed E-state index contributed by atoms with van der Waals surface area (Å²) in [6.07, 6.45) is 0.845. The smallest absolute Gasteiger partial charge is 0.231 e. The van der Waals surface area contributed by atoms with Crippen LogP contribution < -0.4 is 9.47 Å². The van der Waals surface area contributed by atoms with E-state index < -0.39 is 15.3 Å². The van der Waals surface area contributed by atoms with Gasteiger partial charge in [0.15, 0.2) is 11.5 Å². The fraction of sp³-hybridized carbons (Fsp3) is 0.333. The van der Waals surface area contributed by atoms with Gasteiger partial charge in [0.25, 0.3) is 0 Å². The molecule has 1 fully saturated rings. The lowest BCUT2D eigenvalue weighted by atomic mass is 10.0. The zero-order chi connectivity index (χ0) is 24.0. The number of nitrogens with zero attached hydrogens (tertiary/aromatic N) is 2. The summed E-state index contributed by atoms with van der Waals surface area (Å²) in [4.78, 5) is 4.79. The Bertz CT molecular complexity index is 1370. The van der Waals surface area contributed by atoms with E-state index in [9.17, 15) is 8.42 Å². The van der Waals surface area contributed by atoms with Crippen molar-refractivity contribution >= 4 is 21.8 Å². The highest BCUT2D eigenvalue weighted by molar-refractivity contribution is 7.99. The molecule has 6 rings (SSSR count). The van der Waals surface area contributed by atoms with E-state index >= 15 is 0 Å². The number of sulfonamides is 1. The third-order valence-electron chi connectivity index (χ3n) is 7.11. The fourth-order valence-corrected chi connectivity index (χ4v) is 7.66. The van der Waals surface area contributed by atoms with Crippen molar-refractivity contribution in [1.29, 1.82) is 0 Å². The van der Waals surface area contributed by atoms with Crippen LogP contribution >= 0.6 is 11.8 Å². The van der Waals surface area contributed by atoms with Gasteiger partial charge in [0.1, 0.15) is 0 Å². The predicted molar refractivity (Wildman–Crippen MR) is 137 cm³/mol. The Kier molecular flexibility index (Phi) is 6.00. The van der Waals surface area contributed by atoms with Crippen LogP contribution in [-0.4, -0.2) is 50.6 Å². The van der Waals surface area contributed by atoms with Gasteiger partial charge in [-0.15, -0.1) is 0 Å². The van der Waals surface area contributed by atoms with Crippen LogP contribution in [-0.2, 0) is 23.0 Å². The van der Waals surface area contributed by atoms with Crippen molar-refractivity contribution in [2.75, 3.05) is 33.0 Å². The molecule has 3 aliphatic rings. The molecule has 0 bridgehead atoms. The molecule has 3 aliphatic heterocycles. The van der Waals surface area contributed by atoms with Gasteiger partial charge in [0.2, 0.25) is 16.8 Å². The Labute approximate surface area is 210 Å². The third kappa shape index (κ3) is 4.44. The van der Waals surface area contributed by atoms with E-state index in [1.165, 1.54) is 20.9 Å². The molecule has 0 amide bonds. The van der Waals surface area contributed by atoms with E-state index in [0.717, 1.165) is 35.6 Å². The summed E-state index contributed by atoms with van der Waals surface area (Å²) in [6.45, 7) is 5.28. The summed E-state index contributed by atoms with van der Waals surface area (Å²) in [6, 6.07) is 20.6. The van der Waals surface area contributed by atoms with Gasteiger partial charge in [-0.2, -0.15) is 4.31 Å². The minimum Gasteiger partial charge on any atom is -0.454 e. The maximum atomic E-state index is 13.5. The third-order valence-corrected chi connectivity index (χ3v) is 10.6. The van der Waals surface area contributed by atoms with E-state index in [-0.39, 0.29) is 6.79 Å². The van der Waals surface area contributed by atoms with Gasteiger partial charge in [-0.1, -0.05) is 48.2 Å². The van der Waals surface area contributed by atoms with Gasteiger partial charge < -0.3 is 9.47 Å². The molecular weight excluding hydrogens is 480 g/mol. The number of benzene rings is 3. The van der Waals surface area contributed by atoms with E-state index in [2.05, 4.69) is 41.3 Å². The zero-order valence-electron chi connectivity index (χ0n) is 19.6. The van der Waals surface area contributed by atoms with Crippen molar-refractivity contribution in [2.45, 2.75) is 34.9 Å². The summed E-state index contributed by atoms with van der Waals surface area (Å²) in [5.41, 5.74) is 4.52. The van der Waals surface area contributed by atoms with Crippen molar-refractivity contribution in [3.63, 3.8) is 0 Å². The molecular formula is C27H28N2O4S2. The first-order chi connectivity index (χ1) is 17.0. The van der Waals surface area contributed by atoms with E-state index in [1.807, 2.05) is 31.2 Å². The number of hydrogen-bond donors (Lipinski definition) is 0. The summed E-state index contributed by atoms with van der Waals surface area (Å²) in [5, 5.41) is -0.574. The highest BCUT2D eigenvalue weighted by Crippen LogP contribution is 2.41. The van der Waals surface area contributed by atoms with E-state index in [1.54, 1.807) is 16.1 Å². The van der Waals surface area contributed by atoms with Gasteiger partial charge >= 0.3 is 0 Å². The Hall–Kier alpha value is -2.52. The second-order valence-corrected chi connectivity index (χ2v) is 12.6. The van der Waals surface area contributed by atoms with Gasteiger partial charge in [-0.25, -0.2) is 8.42 Å². The first-order valence-electron chi connectivity index (χ1n) is 12.0. The minimum atomic E-state index is -3.44. The van der Waals surface area contributed by atoms with Crippen molar-refractivity contribution in [3.8, 4) is 11.5 Å². The monoisotopic (exact) mass is 508 g/mol. The summed E-state index contributed by atoms with van der Waals surface area (Å²) in [7, 11) is -3.44. The normalized spacial score (nSPS) is 18.7. The average molecular weight is 509 g/mol. The standard InChI is InChI=1S/C27H28N2O4S2/c1-19(21-7-9-27-23(15-21)16-22-4-2-3-5-26(22)34-27)35(30,31)29-12-10-28(11-13-29)17-20-6-8-24-25(14-20)33-18-32-24/h2-9,14-15,19H,10-13,16-18H2,1H3. The largest absolute Gasteiger partial charge is 0.454 e. The number of hydrogen-bond acceptors (Lipinski definition) is 6. The molecule has 0 aromatic heterocycles. The van der Waals surface area contributed by atoms with Gasteiger partial charge in [0.05, 0.1) is 5.25 Å². The first kappa shape index (κ1) is 22.9. The molecule has 182 valence electrons. The SMILES string of the molecule is CC(c1ccc2c(c1)Cc1ccccc1S2)S(=O)(=O)N1CCN(Cc2ccc3c(c2)OCO3)CC1. The highest BCUT2D eigenvalue weighted by Gasteiger charge is 2.33. The molecule has 3 aromatic rings. The molecule has 1 atom stereocenters. The maximum absolute atomic E-state index is 13.5. The number of fused-ring (bicyclic) bond motifs is 3. The molecule has 6 nitrogen and oxygen atoms in total. The Morgan fingerprint density at radius 2 is 1.66 bits per heavy atom. The van der Waals surface area contributed by atoms with Crippen LogP contribution in [0.3, 0.4) is 0 Å². The topological polar surface area (TPSA) is 59.1 Å². The quantitative estimate of drug-likeness (QED) is 0.390. The molecule has 0 radical (unpaired) electrons. The highest BCUT2D eigenvalue weighted by atomic mass is 32.2. The average Bonchev–Trinajstić information content (AvgIpc) is 3.35. The minimum absolute atomic E-state index is 0.268. The van der Waals surface area contributed by atoms with Crippen LogP contribution in [0, 0.1) is 0 Å². The van der Waals surface area contributed by atoms with Crippen LogP contribution in [0.2, 0.25) is 0 Å². The Morgan fingerprint density at radius 3 is 2.51 bits per heavy atom. The molecule has 1 unspecified atom stereocenters. The lowest BCUT2D eigenvalue weighted by Crippen LogP contribution is -2.49. The molecule has 8 heteroatoms. The lowest BCUT2D eigenvalue weighted by Gasteiger charge is -2.35. The van der Waals surface area contributed by atoms with Crippen LogP contribution in [0.15, 0.2) is 70.5 Å². The molecule has 3 heterocycles. The molecule has 0 spiro atoms. The van der Waals surface area contributed by atoms with Crippen LogP contribution in [0.5, 0.6) is 11.5 Å². The molecule has 0 aliphatic carbocycles. The van der Waals surface area contributed by atoms with Crippen LogP contribution in [0.4, 0.5) is 0 Å². The van der Waals surface area contributed by atoms with Crippen molar-refractivity contribution in [1.82, 2.24) is 9.21 Å². The Balaban J connectivity index is 1.11. The number of ether oxygens (including phenoxy) is 2. The Morgan fingerprint density at radius 1 is 0.886 bits per heavy atom. The van der Waals surface area contributed by atoms with E-state index in [0.29, 0.717) is 26.2 Å². The molecule has 0 saturated carbocycles. The first-order valence-corrected chi connectivity index (χ1v) is 14.3. The summed E-state index contributed by atoms with van der Waals surface area (Å²) in [5.74, 6) is 1.56. The second kappa shape index (κ2) is 9.17. The van der Waals surface area contributed by atoms with Crippen LogP contribution in [0.1, 0.15) is 34.4 Å². The van der Waals surface area contributed by atoms with Gasteiger partial charge in [0, 0.05) is 42.5 Å². The van der Waals surface area contributed by atoms with Crippen LogP contribution in [0.25, 0.3) is 0 Å². The fourth-order valence-electron chi connectivity index (χ4n) is 5.00. The van der Waals surface area contributed by atoms with Gasteiger partial charge in [-0.3, -0.25) is 4.90 Å². The van der Waals surface area contributed by atoms with Crippen molar-refractivity contribution < 1.29 is 17.9 Å². The number of piperazine rings is 1. The summed E-state index contributed by atoms with van der Waals surface area (Å²) >= 11 is 1.77. The van der Waals surface area contributed by atoms with Gasteiger partial charge in [-0.05, 0) is 59.9 Å².